The molecule has 1 aliphatic heterocycles. The van der Waals surface area contributed by atoms with Gasteiger partial charge in [-0.3, -0.25) is 9.13 Å². The molecule has 27 heavy (non-hydrogen) atoms. The van der Waals surface area contributed by atoms with E-state index in [2.05, 4.69) is 10.5 Å². The molecule has 1 aliphatic rings. The van der Waals surface area contributed by atoms with Gasteiger partial charge in [0.2, 0.25) is 0 Å². The minimum atomic E-state index is -0.171. The van der Waals surface area contributed by atoms with Gasteiger partial charge in [-0.25, -0.2) is 9.59 Å². The second-order valence-electron chi connectivity index (χ2n) is 7.21. The summed E-state index contributed by atoms with van der Waals surface area (Å²) in [5, 5.41) is 6.95. The normalized spacial score (nSPS) is 17.0. The summed E-state index contributed by atoms with van der Waals surface area (Å²) < 4.78 is 8.57. The largest absolute Gasteiger partial charge is 0.359 e. The predicted octanol–water partition coefficient (Wildman–Crippen LogP) is 2.85. The van der Waals surface area contributed by atoms with Crippen molar-refractivity contribution >= 4 is 22.8 Å². The highest BCUT2D eigenvalue weighted by atomic mass is 16.5. The molecule has 0 spiro atoms. The molecule has 0 saturated carbocycles. The number of nitrogens with zero attached hydrogens (tertiary/aromatic N) is 4. The first-order valence-electron chi connectivity index (χ1n) is 9.03. The summed E-state index contributed by atoms with van der Waals surface area (Å²) in [6.45, 7) is 4.46. The van der Waals surface area contributed by atoms with Gasteiger partial charge in [0.05, 0.1) is 22.8 Å². The molecule has 1 fully saturated rings. The summed E-state index contributed by atoms with van der Waals surface area (Å²) in [7, 11) is 3.48. The average molecular weight is 369 g/mol. The fraction of sp³-hybridized carbons (Fsp3) is 0.421. The number of carbonyl (C=O) groups excluding carboxylic acids is 1. The van der Waals surface area contributed by atoms with Gasteiger partial charge >= 0.3 is 11.7 Å². The highest BCUT2D eigenvalue weighted by molar-refractivity contribution is 5.93. The number of nitrogens with one attached hydrogen (secondary N) is 1. The number of carbonyl (C=O) groups is 1. The summed E-state index contributed by atoms with van der Waals surface area (Å²) in [6, 6.07) is 5.39. The molecule has 1 atom stereocenters. The third-order valence-electron chi connectivity index (χ3n) is 5.35. The van der Waals surface area contributed by atoms with Crippen LogP contribution >= 0.6 is 0 Å². The molecule has 0 radical (unpaired) electrons. The Morgan fingerprint density at radius 2 is 1.89 bits per heavy atom. The summed E-state index contributed by atoms with van der Waals surface area (Å²) >= 11 is 0. The number of aryl methyl sites for hydroxylation is 4. The third kappa shape index (κ3) is 2.81. The van der Waals surface area contributed by atoms with E-state index in [1.807, 2.05) is 32.0 Å². The van der Waals surface area contributed by atoms with Crippen molar-refractivity contribution in [1.82, 2.24) is 19.2 Å². The predicted molar refractivity (Wildman–Crippen MR) is 102 cm³/mol. The highest BCUT2D eigenvalue weighted by Gasteiger charge is 2.33. The number of fused-ring (bicyclic) bond motifs is 1. The average Bonchev–Trinajstić information content (AvgIpc) is 3.33. The zero-order chi connectivity index (χ0) is 19.3. The van der Waals surface area contributed by atoms with Crippen LogP contribution in [-0.2, 0) is 14.1 Å². The van der Waals surface area contributed by atoms with Crippen LogP contribution in [0.3, 0.4) is 0 Å². The number of anilines is 1. The van der Waals surface area contributed by atoms with E-state index in [1.54, 1.807) is 28.1 Å². The number of hydrogen-bond acceptors (Lipinski definition) is 4. The van der Waals surface area contributed by atoms with E-state index in [0.29, 0.717) is 12.2 Å². The quantitative estimate of drug-likeness (QED) is 0.753. The van der Waals surface area contributed by atoms with Gasteiger partial charge in [-0.2, -0.15) is 0 Å². The van der Waals surface area contributed by atoms with E-state index >= 15 is 0 Å². The van der Waals surface area contributed by atoms with Crippen molar-refractivity contribution in [2.24, 2.45) is 14.1 Å². The summed E-state index contributed by atoms with van der Waals surface area (Å²) in [4.78, 5) is 26.9. The van der Waals surface area contributed by atoms with Gasteiger partial charge in [0, 0.05) is 32.4 Å². The molecule has 1 aromatic carbocycles. The van der Waals surface area contributed by atoms with Crippen LogP contribution in [0.15, 0.2) is 27.5 Å². The molecule has 3 heterocycles. The molecule has 0 bridgehead atoms. The first-order valence-corrected chi connectivity index (χ1v) is 9.03. The molecule has 0 aliphatic carbocycles. The van der Waals surface area contributed by atoms with Crippen molar-refractivity contribution in [3.63, 3.8) is 0 Å². The first-order chi connectivity index (χ1) is 12.9. The molecule has 1 saturated heterocycles. The molecule has 2 amide bonds. The van der Waals surface area contributed by atoms with E-state index in [-0.39, 0.29) is 17.8 Å². The zero-order valence-electron chi connectivity index (χ0n) is 15.9. The van der Waals surface area contributed by atoms with Gasteiger partial charge in [0.25, 0.3) is 0 Å². The van der Waals surface area contributed by atoms with E-state index in [4.69, 9.17) is 4.52 Å². The number of amides is 2. The number of likely N-dealkylation sites (tertiary alicyclic amines) is 1. The van der Waals surface area contributed by atoms with Gasteiger partial charge in [-0.1, -0.05) is 5.16 Å². The van der Waals surface area contributed by atoms with Gasteiger partial charge in [-0.15, -0.1) is 0 Å². The third-order valence-corrected chi connectivity index (χ3v) is 5.35. The van der Waals surface area contributed by atoms with Gasteiger partial charge in [0.1, 0.15) is 0 Å². The molecular formula is C19H23N5O3. The lowest BCUT2D eigenvalue weighted by atomic mass is 10.1. The standard InChI is InChI=1S/C19H23N5O3/c1-11-8-15-16(23(4)19(26)22(15)3)10-13(11)20-18(25)24-7-5-6-14(24)17-9-12(2)21-27-17/h8-10,14H,5-7H2,1-4H3,(H,20,25)/t14-/m1/s1. The monoisotopic (exact) mass is 369 g/mol. The lowest BCUT2D eigenvalue weighted by Gasteiger charge is -2.23. The van der Waals surface area contributed by atoms with Crippen molar-refractivity contribution < 1.29 is 9.32 Å². The minimum Gasteiger partial charge on any atom is -0.359 e. The maximum atomic E-state index is 12.9. The van der Waals surface area contributed by atoms with Crippen molar-refractivity contribution in [2.75, 3.05) is 11.9 Å². The van der Waals surface area contributed by atoms with Crippen LogP contribution in [0.25, 0.3) is 11.0 Å². The Bertz CT molecular complexity index is 1090. The minimum absolute atomic E-state index is 0.0897. The van der Waals surface area contributed by atoms with Gasteiger partial charge in [0.15, 0.2) is 5.76 Å². The van der Waals surface area contributed by atoms with Crippen LogP contribution in [0.4, 0.5) is 10.5 Å². The topological polar surface area (TPSA) is 85.3 Å². The van der Waals surface area contributed by atoms with E-state index in [1.165, 1.54) is 0 Å². The fourth-order valence-corrected chi connectivity index (χ4v) is 3.82. The Balaban J connectivity index is 1.63. The molecule has 4 rings (SSSR count). The first kappa shape index (κ1) is 17.4. The number of aromatic nitrogens is 3. The number of rotatable bonds is 2. The van der Waals surface area contributed by atoms with Crippen LogP contribution in [0, 0.1) is 13.8 Å². The Morgan fingerprint density at radius 1 is 1.19 bits per heavy atom. The van der Waals surface area contributed by atoms with Crippen molar-refractivity contribution in [1.29, 1.82) is 0 Å². The second-order valence-corrected chi connectivity index (χ2v) is 7.21. The molecule has 2 aromatic heterocycles. The zero-order valence-corrected chi connectivity index (χ0v) is 15.9. The second kappa shape index (κ2) is 6.29. The van der Waals surface area contributed by atoms with Crippen LogP contribution in [0.5, 0.6) is 0 Å². The summed E-state index contributed by atoms with van der Waals surface area (Å²) in [6.07, 6.45) is 1.77. The molecule has 8 nitrogen and oxygen atoms in total. The fourth-order valence-electron chi connectivity index (χ4n) is 3.82. The van der Waals surface area contributed by atoms with Crippen LogP contribution < -0.4 is 11.0 Å². The smallest absolute Gasteiger partial charge is 0.328 e. The molecule has 3 aromatic rings. The summed E-state index contributed by atoms with van der Waals surface area (Å²) in [5.41, 5.74) is 3.95. The number of benzene rings is 1. The van der Waals surface area contributed by atoms with E-state index in [9.17, 15) is 9.59 Å². The van der Waals surface area contributed by atoms with Crippen LogP contribution in [-0.4, -0.2) is 31.8 Å². The maximum Gasteiger partial charge on any atom is 0.328 e. The number of hydrogen-bond donors (Lipinski definition) is 1. The Kier molecular flexibility index (Phi) is 4.05. The Hall–Kier alpha value is -3.03. The van der Waals surface area contributed by atoms with Crippen LogP contribution in [0.1, 0.15) is 35.9 Å². The Labute approximate surface area is 156 Å². The lowest BCUT2D eigenvalue weighted by Crippen LogP contribution is -2.34. The number of imidazole rings is 1. The van der Waals surface area contributed by atoms with Crippen molar-refractivity contribution in [3.05, 3.63) is 45.7 Å². The van der Waals surface area contributed by atoms with E-state index < -0.39 is 0 Å². The summed E-state index contributed by atoms with van der Waals surface area (Å²) in [5.74, 6) is 0.720. The molecule has 8 heteroatoms. The van der Waals surface area contributed by atoms with E-state index in [0.717, 1.165) is 40.9 Å². The highest BCUT2D eigenvalue weighted by Crippen LogP contribution is 2.33. The van der Waals surface area contributed by atoms with Crippen molar-refractivity contribution in [3.8, 4) is 0 Å². The maximum absolute atomic E-state index is 12.9. The lowest BCUT2D eigenvalue weighted by molar-refractivity contribution is 0.195. The van der Waals surface area contributed by atoms with Crippen molar-refractivity contribution in [2.45, 2.75) is 32.7 Å². The molecule has 0 unspecified atom stereocenters. The number of urea groups is 1. The van der Waals surface area contributed by atoms with Gasteiger partial charge in [-0.05, 0) is 44.4 Å². The Morgan fingerprint density at radius 3 is 2.56 bits per heavy atom. The van der Waals surface area contributed by atoms with Crippen LogP contribution in [0.2, 0.25) is 0 Å². The molecular weight excluding hydrogens is 346 g/mol. The molecule has 1 N–H and O–H groups in total. The molecule has 142 valence electrons. The van der Waals surface area contributed by atoms with Gasteiger partial charge < -0.3 is 14.7 Å². The SMILES string of the molecule is Cc1cc([C@H]2CCCN2C(=O)Nc2cc3c(cc2C)n(C)c(=O)n3C)on1.